The Morgan fingerprint density at radius 1 is 1.18 bits per heavy atom. The topological polar surface area (TPSA) is 73.2 Å². The summed E-state index contributed by atoms with van der Waals surface area (Å²) in [6.45, 7) is 1.81. The van der Waals surface area contributed by atoms with Gasteiger partial charge in [0, 0.05) is 0 Å². The van der Waals surface area contributed by atoms with Gasteiger partial charge in [0.15, 0.2) is 5.16 Å². The van der Waals surface area contributed by atoms with Gasteiger partial charge in [-0.3, -0.25) is 14.2 Å². The van der Waals surface area contributed by atoms with Crippen LogP contribution >= 0.6 is 23.1 Å². The van der Waals surface area contributed by atoms with Crippen LogP contribution in [0.3, 0.4) is 0 Å². The highest BCUT2D eigenvalue weighted by molar-refractivity contribution is 8.00. The van der Waals surface area contributed by atoms with Gasteiger partial charge in [-0.05, 0) is 60.9 Å². The number of amides is 1. The van der Waals surface area contributed by atoms with Gasteiger partial charge in [-0.15, -0.1) is 11.3 Å². The average Bonchev–Trinajstić information content (AvgIpc) is 3.59. The highest BCUT2D eigenvalue weighted by Gasteiger charge is 2.29. The molecule has 168 valence electrons. The Hall–Kier alpha value is -3.10. The highest BCUT2D eigenvalue weighted by Crippen LogP contribution is 2.44. The van der Waals surface area contributed by atoms with Gasteiger partial charge < -0.3 is 10.1 Å². The summed E-state index contributed by atoms with van der Waals surface area (Å²) in [5, 5.41) is 5.72. The number of carbonyl (C=O) groups is 1. The van der Waals surface area contributed by atoms with E-state index in [1.807, 2.05) is 49.4 Å². The van der Waals surface area contributed by atoms with E-state index in [1.54, 1.807) is 23.8 Å². The third-order valence-electron chi connectivity index (χ3n) is 5.65. The van der Waals surface area contributed by atoms with Crippen molar-refractivity contribution in [1.82, 2.24) is 9.55 Å². The van der Waals surface area contributed by atoms with E-state index in [0.29, 0.717) is 27.9 Å². The van der Waals surface area contributed by atoms with E-state index in [2.05, 4.69) is 10.7 Å². The lowest BCUT2D eigenvalue weighted by Crippen LogP contribution is -2.26. The predicted molar refractivity (Wildman–Crippen MR) is 134 cm³/mol. The molecule has 0 spiro atoms. The number of anilines is 1. The standard InChI is InChI=1S/C25H23N3O3S2/c1-15(22(29)26-19-10-6-7-11-20(19)31-2)33-25-27-23-21(18(14-32-23)16-12-13-16)24(30)28(25)17-8-4-3-5-9-17/h3-11,14-16H,12-13H2,1-2H3,(H,26,29). The molecule has 33 heavy (non-hydrogen) atoms. The number of para-hydroxylation sites is 3. The molecule has 1 saturated carbocycles. The number of nitrogens with zero attached hydrogens (tertiary/aromatic N) is 2. The number of hydrogen-bond donors (Lipinski definition) is 1. The second-order valence-electron chi connectivity index (χ2n) is 7.97. The molecule has 0 bridgehead atoms. The molecule has 0 saturated heterocycles. The van der Waals surface area contributed by atoms with Crippen molar-refractivity contribution in [3.8, 4) is 11.4 Å². The number of thiophene rings is 1. The third kappa shape index (κ3) is 4.28. The maximum Gasteiger partial charge on any atom is 0.267 e. The van der Waals surface area contributed by atoms with Gasteiger partial charge in [-0.25, -0.2) is 4.98 Å². The van der Waals surface area contributed by atoms with Crippen LogP contribution in [0.1, 0.15) is 31.2 Å². The lowest BCUT2D eigenvalue weighted by Gasteiger charge is -2.17. The van der Waals surface area contributed by atoms with E-state index in [0.717, 1.165) is 28.9 Å². The minimum absolute atomic E-state index is 0.0748. The van der Waals surface area contributed by atoms with Crippen molar-refractivity contribution in [1.29, 1.82) is 0 Å². The first-order valence-corrected chi connectivity index (χ1v) is 12.5. The van der Waals surface area contributed by atoms with Crippen molar-refractivity contribution in [3.05, 3.63) is 75.9 Å². The fourth-order valence-corrected chi connectivity index (χ4v) is 5.75. The van der Waals surface area contributed by atoms with Crippen molar-refractivity contribution < 1.29 is 9.53 Å². The zero-order valence-corrected chi connectivity index (χ0v) is 19.9. The van der Waals surface area contributed by atoms with E-state index < -0.39 is 5.25 Å². The van der Waals surface area contributed by atoms with Gasteiger partial charge in [0.25, 0.3) is 5.56 Å². The Kier molecular flexibility index (Phi) is 5.95. The molecule has 1 unspecified atom stereocenters. The van der Waals surface area contributed by atoms with Gasteiger partial charge in [-0.2, -0.15) is 0 Å². The van der Waals surface area contributed by atoms with Gasteiger partial charge in [0.2, 0.25) is 5.91 Å². The maximum absolute atomic E-state index is 13.7. The van der Waals surface area contributed by atoms with Crippen LogP contribution in [0.2, 0.25) is 0 Å². The summed E-state index contributed by atoms with van der Waals surface area (Å²) in [4.78, 5) is 32.2. The molecule has 8 heteroatoms. The van der Waals surface area contributed by atoms with Crippen LogP contribution in [0.25, 0.3) is 15.9 Å². The number of methoxy groups -OCH3 is 1. The molecule has 0 radical (unpaired) electrons. The second kappa shape index (κ2) is 9.03. The van der Waals surface area contributed by atoms with Crippen molar-refractivity contribution in [2.75, 3.05) is 12.4 Å². The first-order valence-electron chi connectivity index (χ1n) is 10.8. The average molecular weight is 478 g/mol. The molecular formula is C25H23N3O3S2. The van der Waals surface area contributed by atoms with Crippen LogP contribution in [0.15, 0.2) is 69.9 Å². The van der Waals surface area contributed by atoms with Crippen LogP contribution in [0, 0.1) is 0 Å². The summed E-state index contributed by atoms with van der Waals surface area (Å²) in [7, 11) is 1.57. The monoisotopic (exact) mass is 477 g/mol. The second-order valence-corrected chi connectivity index (χ2v) is 10.1. The summed E-state index contributed by atoms with van der Waals surface area (Å²) in [6, 6.07) is 16.8. The molecule has 1 amide bonds. The summed E-state index contributed by atoms with van der Waals surface area (Å²) < 4.78 is 6.97. The summed E-state index contributed by atoms with van der Waals surface area (Å²) in [5.41, 5.74) is 2.38. The molecule has 1 atom stereocenters. The molecule has 4 aromatic rings. The Labute approximate surface area is 199 Å². The van der Waals surface area contributed by atoms with E-state index in [4.69, 9.17) is 9.72 Å². The number of rotatable bonds is 7. The van der Waals surface area contributed by atoms with Crippen LogP contribution in [0.5, 0.6) is 5.75 Å². The number of benzene rings is 2. The number of ether oxygens (including phenoxy) is 1. The zero-order valence-electron chi connectivity index (χ0n) is 18.3. The molecule has 6 nitrogen and oxygen atoms in total. The Balaban J connectivity index is 1.52. The largest absolute Gasteiger partial charge is 0.495 e. The number of thioether (sulfide) groups is 1. The number of carbonyl (C=O) groups excluding carboxylic acids is 1. The fourth-order valence-electron chi connectivity index (χ4n) is 3.77. The molecule has 2 aromatic heterocycles. The first kappa shape index (κ1) is 21.7. The van der Waals surface area contributed by atoms with E-state index in [-0.39, 0.29) is 11.5 Å². The van der Waals surface area contributed by atoms with Crippen LogP contribution in [0.4, 0.5) is 5.69 Å². The molecular weight excluding hydrogens is 454 g/mol. The van der Waals surface area contributed by atoms with Crippen molar-refractivity contribution in [2.24, 2.45) is 0 Å². The third-order valence-corrected chi connectivity index (χ3v) is 7.60. The van der Waals surface area contributed by atoms with Crippen LogP contribution in [-0.4, -0.2) is 27.8 Å². The number of nitrogens with one attached hydrogen (secondary N) is 1. The molecule has 0 aliphatic heterocycles. The minimum atomic E-state index is -0.489. The van der Waals surface area contributed by atoms with Gasteiger partial charge in [-0.1, -0.05) is 42.1 Å². The zero-order chi connectivity index (χ0) is 22.9. The Morgan fingerprint density at radius 2 is 1.91 bits per heavy atom. The SMILES string of the molecule is COc1ccccc1NC(=O)C(C)Sc1nc2scc(C3CC3)c2c(=O)n1-c1ccccc1. The molecule has 1 aliphatic carbocycles. The van der Waals surface area contributed by atoms with E-state index in [1.165, 1.54) is 23.1 Å². The quantitative estimate of drug-likeness (QED) is 0.283. The lowest BCUT2D eigenvalue weighted by molar-refractivity contribution is -0.115. The number of hydrogen-bond acceptors (Lipinski definition) is 6. The van der Waals surface area contributed by atoms with Crippen molar-refractivity contribution in [3.63, 3.8) is 0 Å². The number of aromatic nitrogens is 2. The van der Waals surface area contributed by atoms with E-state index in [9.17, 15) is 9.59 Å². The molecule has 2 heterocycles. The smallest absolute Gasteiger partial charge is 0.267 e. The normalized spacial score (nSPS) is 14.2. The molecule has 1 aliphatic rings. The van der Waals surface area contributed by atoms with Crippen LogP contribution < -0.4 is 15.6 Å². The van der Waals surface area contributed by atoms with Gasteiger partial charge >= 0.3 is 0 Å². The van der Waals surface area contributed by atoms with Crippen molar-refractivity contribution >= 4 is 44.9 Å². The lowest BCUT2D eigenvalue weighted by atomic mass is 10.1. The maximum atomic E-state index is 13.7. The summed E-state index contributed by atoms with van der Waals surface area (Å²) >= 11 is 2.78. The molecule has 1 fully saturated rings. The molecule has 2 aromatic carbocycles. The Morgan fingerprint density at radius 3 is 2.64 bits per heavy atom. The van der Waals surface area contributed by atoms with Gasteiger partial charge in [0.1, 0.15) is 10.6 Å². The first-order chi connectivity index (χ1) is 16.1. The summed E-state index contributed by atoms with van der Waals surface area (Å²) in [5.74, 6) is 0.861. The van der Waals surface area contributed by atoms with Crippen LogP contribution in [-0.2, 0) is 4.79 Å². The minimum Gasteiger partial charge on any atom is -0.495 e. The molecule has 1 N–H and O–H groups in total. The van der Waals surface area contributed by atoms with E-state index >= 15 is 0 Å². The summed E-state index contributed by atoms with van der Waals surface area (Å²) in [6.07, 6.45) is 2.24. The highest BCUT2D eigenvalue weighted by atomic mass is 32.2. The molecule has 5 rings (SSSR count). The van der Waals surface area contributed by atoms with Crippen molar-refractivity contribution in [2.45, 2.75) is 36.1 Å². The Bertz CT molecular complexity index is 1380. The predicted octanol–water partition coefficient (Wildman–Crippen LogP) is 5.45. The fraction of sp³-hybridized carbons (Fsp3) is 0.240. The van der Waals surface area contributed by atoms with Gasteiger partial charge in [0.05, 0.1) is 29.1 Å². The number of fused-ring (bicyclic) bond motifs is 1.